The van der Waals surface area contributed by atoms with Crippen LogP contribution >= 0.6 is 24.0 Å². The van der Waals surface area contributed by atoms with Gasteiger partial charge in [-0.25, -0.2) is 0 Å². The smallest absolute Gasteiger partial charge is 0.191 e. The van der Waals surface area contributed by atoms with Gasteiger partial charge in [0.05, 0.1) is 6.10 Å². The Morgan fingerprint density at radius 3 is 2.46 bits per heavy atom. The summed E-state index contributed by atoms with van der Waals surface area (Å²) in [5.74, 6) is 1.84. The lowest BCUT2D eigenvalue weighted by molar-refractivity contribution is 0.242. The first-order chi connectivity index (χ1) is 11.2. The number of nitrogens with zero attached hydrogens (tertiary/aromatic N) is 1. The topological polar surface area (TPSA) is 45.7 Å². The third-order valence-electron chi connectivity index (χ3n) is 3.66. The Balaban J connectivity index is 0.00000288. The number of halogens is 1. The van der Waals surface area contributed by atoms with Crippen LogP contribution in [0, 0.1) is 0 Å². The maximum absolute atomic E-state index is 5.66. The summed E-state index contributed by atoms with van der Waals surface area (Å²) in [6, 6.07) is 8.79. The molecule has 1 aromatic carbocycles. The first kappa shape index (κ1) is 20.8. The van der Waals surface area contributed by atoms with Crippen molar-refractivity contribution in [2.75, 3.05) is 13.1 Å². The highest BCUT2D eigenvalue weighted by atomic mass is 127. The minimum Gasteiger partial charge on any atom is -0.491 e. The summed E-state index contributed by atoms with van der Waals surface area (Å²) in [6.45, 7) is 7.83. The number of rotatable bonds is 7. The molecular weight excluding hydrogens is 413 g/mol. The van der Waals surface area contributed by atoms with Crippen molar-refractivity contribution < 1.29 is 4.74 Å². The van der Waals surface area contributed by atoms with Crippen molar-refractivity contribution in [3.63, 3.8) is 0 Å². The molecule has 134 valence electrons. The fourth-order valence-corrected chi connectivity index (χ4v) is 2.55. The molecule has 0 amide bonds. The van der Waals surface area contributed by atoms with Crippen molar-refractivity contribution in [1.82, 2.24) is 10.6 Å². The molecule has 4 nitrogen and oxygen atoms in total. The molecule has 0 saturated heterocycles. The van der Waals surface area contributed by atoms with E-state index in [9.17, 15) is 0 Å². The second-order valence-corrected chi connectivity index (χ2v) is 6.11. The molecule has 1 aromatic rings. The molecule has 0 fully saturated rings. The summed E-state index contributed by atoms with van der Waals surface area (Å²) in [5.41, 5.74) is 1.28. The van der Waals surface area contributed by atoms with Crippen LogP contribution in [0.4, 0.5) is 0 Å². The van der Waals surface area contributed by atoms with E-state index in [2.05, 4.69) is 46.8 Å². The Bertz CT molecular complexity index is 518. The minimum atomic E-state index is 0. The molecular formula is C19H30IN3O. The molecule has 0 spiro atoms. The SMILES string of the molecule is CCNC(=NCCc1ccc(OC(C)C)cc1)NC1CC=CC1.I. The Morgan fingerprint density at radius 1 is 1.21 bits per heavy atom. The molecule has 5 heteroatoms. The van der Waals surface area contributed by atoms with Crippen LogP contribution in [0.3, 0.4) is 0 Å². The van der Waals surface area contributed by atoms with Crippen LogP contribution in [0.15, 0.2) is 41.4 Å². The van der Waals surface area contributed by atoms with E-state index in [4.69, 9.17) is 4.74 Å². The third-order valence-corrected chi connectivity index (χ3v) is 3.66. The predicted octanol–water partition coefficient (Wildman–Crippen LogP) is 3.91. The summed E-state index contributed by atoms with van der Waals surface area (Å²) < 4.78 is 5.66. The van der Waals surface area contributed by atoms with Crippen molar-refractivity contribution >= 4 is 29.9 Å². The van der Waals surface area contributed by atoms with Crippen LogP contribution in [-0.2, 0) is 6.42 Å². The van der Waals surface area contributed by atoms with Gasteiger partial charge in [0.15, 0.2) is 5.96 Å². The van der Waals surface area contributed by atoms with Crippen molar-refractivity contribution in [1.29, 1.82) is 0 Å². The van der Waals surface area contributed by atoms with E-state index in [1.165, 1.54) is 5.56 Å². The summed E-state index contributed by atoms with van der Waals surface area (Å²) in [4.78, 5) is 4.68. The lowest BCUT2D eigenvalue weighted by Crippen LogP contribution is -2.42. The maximum Gasteiger partial charge on any atom is 0.191 e. The quantitative estimate of drug-likeness (QED) is 0.291. The molecule has 0 atom stereocenters. The van der Waals surface area contributed by atoms with Gasteiger partial charge in [0.25, 0.3) is 0 Å². The largest absolute Gasteiger partial charge is 0.491 e. The van der Waals surface area contributed by atoms with Crippen LogP contribution in [0.2, 0.25) is 0 Å². The van der Waals surface area contributed by atoms with E-state index in [0.29, 0.717) is 6.04 Å². The second kappa shape index (κ2) is 11.3. The Morgan fingerprint density at radius 2 is 1.88 bits per heavy atom. The summed E-state index contributed by atoms with van der Waals surface area (Å²) >= 11 is 0. The lowest BCUT2D eigenvalue weighted by Gasteiger charge is -2.16. The predicted molar refractivity (Wildman–Crippen MR) is 113 cm³/mol. The van der Waals surface area contributed by atoms with Crippen LogP contribution < -0.4 is 15.4 Å². The molecule has 1 aliphatic rings. The average Bonchev–Trinajstić information content (AvgIpc) is 3.01. The number of guanidine groups is 1. The first-order valence-corrected chi connectivity index (χ1v) is 8.62. The molecule has 2 N–H and O–H groups in total. The third kappa shape index (κ3) is 7.55. The molecule has 0 aliphatic heterocycles. The number of ether oxygens (including phenoxy) is 1. The average molecular weight is 443 g/mol. The lowest BCUT2D eigenvalue weighted by atomic mass is 10.1. The normalized spacial score (nSPS) is 14.6. The monoisotopic (exact) mass is 443 g/mol. The van der Waals surface area contributed by atoms with Gasteiger partial charge in [-0.1, -0.05) is 24.3 Å². The molecule has 0 radical (unpaired) electrons. The molecule has 0 unspecified atom stereocenters. The maximum atomic E-state index is 5.66. The van der Waals surface area contributed by atoms with Gasteiger partial charge in [-0.2, -0.15) is 0 Å². The molecule has 0 heterocycles. The van der Waals surface area contributed by atoms with Gasteiger partial charge >= 0.3 is 0 Å². The summed E-state index contributed by atoms with van der Waals surface area (Å²) in [7, 11) is 0. The van der Waals surface area contributed by atoms with Crippen LogP contribution in [0.1, 0.15) is 39.2 Å². The molecule has 1 aliphatic carbocycles. The summed E-state index contributed by atoms with van der Waals surface area (Å²) in [6.07, 6.45) is 7.76. The van der Waals surface area contributed by atoms with Crippen molar-refractivity contribution in [2.45, 2.75) is 52.2 Å². The van der Waals surface area contributed by atoms with E-state index >= 15 is 0 Å². The minimum absolute atomic E-state index is 0. The summed E-state index contributed by atoms with van der Waals surface area (Å²) in [5, 5.41) is 6.81. The number of hydrogen-bond acceptors (Lipinski definition) is 2. The Hall–Kier alpha value is -1.24. The first-order valence-electron chi connectivity index (χ1n) is 8.62. The van der Waals surface area contributed by atoms with Crippen LogP contribution in [-0.4, -0.2) is 31.2 Å². The highest BCUT2D eigenvalue weighted by Crippen LogP contribution is 2.14. The number of benzene rings is 1. The van der Waals surface area contributed by atoms with E-state index in [-0.39, 0.29) is 30.1 Å². The molecule has 24 heavy (non-hydrogen) atoms. The zero-order valence-electron chi connectivity index (χ0n) is 14.9. The van der Waals surface area contributed by atoms with Gasteiger partial charge in [0, 0.05) is 19.1 Å². The van der Waals surface area contributed by atoms with E-state index in [0.717, 1.165) is 44.1 Å². The van der Waals surface area contributed by atoms with E-state index in [1.54, 1.807) is 0 Å². The number of hydrogen-bond donors (Lipinski definition) is 2. The highest BCUT2D eigenvalue weighted by Gasteiger charge is 2.11. The standard InChI is InChI=1S/C19H29N3O.HI/c1-4-20-19(22-17-7-5-6-8-17)21-14-13-16-9-11-18(12-10-16)23-15(2)3;/h5-6,9-12,15,17H,4,7-8,13-14H2,1-3H3,(H2,20,21,22);1H. The second-order valence-electron chi connectivity index (χ2n) is 6.11. The van der Waals surface area contributed by atoms with Crippen LogP contribution in [0.25, 0.3) is 0 Å². The zero-order valence-corrected chi connectivity index (χ0v) is 17.2. The Labute approximate surface area is 163 Å². The van der Waals surface area contributed by atoms with Gasteiger partial charge in [-0.05, 0) is 57.7 Å². The fourth-order valence-electron chi connectivity index (χ4n) is 2.55. The van der Waals surface area contributed by atoms with Crippen molar-refractivity contribution in [3.8, 4) is 5.75 Å². The van der Waals surface area contributed by atoms with Gasteiger partial charge < -0.3 is 15.4 Å². The van der Waals surface area contributed by atoms with E-state index in [1.807, 2.05) is 26.0 Å². The Kier molecular flexibility index (Phi) is 9.83. The van der Waals surface area contributed by atoms with Crippen molar-refractivity contribution in [3.05, 3.63) is 42.0 Å². The zero-order chi connectivity index (χ0) is 16.5. The van der Waals surface area contributed by atoms with Crippen molar-refractivity contribution in [2.24, 2.45) is 4.99 Å². The molecule has 2 rings (SSSR count). The van der Waals surface area contributed by atoms with Gasteiger partial charge in [0.1, 0.15) is 5.75 Å². The number of nitrogens with one attached hydrogen (secondary N) is 2. The van der Waals surface area contributed by atoms with E-state index < -0.39 is 0 Å². The van der Waals surface area contributed by atoms with Crippen LogP contribution in [0.5, 0.6) is 5.75 Å². The highest BCUT2D eigenvalue weighted by molar-refractivity contribution is 14.0. The van der Waals surface area contributed by atoms with Gasteiger partial charge in [-0.15, -0.1) is 24.0 Å². The number of aliphatic imine (C=N–C) groups is 1. The molecule has 0 aromatic heterocycles. The molecule has 0 saturated carbocycles. The van der Waals surface area contributed by atoms with Gasteiger partial charge in [-0.3, -0.25) is 4.99 Å². The van der Waals surface area contributed by atoms with Gasteiger partial charge in [0.2, 0.25) is 0 Å². The fraction of sp³-hybridized carbons (Fsp3) is 0.526. The molecule has 0 bridgehead atoms.